The Bertz CT molecular complexity index is 501. The van der Waals surface area contributed by atoms with Crippen molar-refractivity contribution in [2.45, 2.75) is 58.4 Å². The molecule has 5 aliphatic rings. The van der Waals surface area contributed by atoms with Gasteiger partial charge in [-0.1, -0.05) is 5.57 Å². The third-order valence-electron chi connectivity index (χ3n) is 7.46. The molecule has 1 aliphatic heterocycles. The lowest BCUT2D eigenvalue weighted by Gasteiger charge is -2.57. The van der Waals surface area contributed by atoms with Crippen molar-refractivity contribution in [1.82, 2.24) is 10.2 Å². The zero-order chi connectivity index (χ0) is 17.4. The van der Waals surface area contributed by atoms with E-state index in [0.717, 1.165) is 50.6 Å². The van der Waals surface area contributed by atoms with Crippen LogP contribution in [0.2, 0.25) is 0 Å². The molecule has 0 radical (unpaired) electrons. The molecule has 4 heteroatoms. The lowest BCUT2D eigenvalue weighted by atomic mass is 9.48. The Labute approximate surface area is 152 Å². The van der Waals surface area contributed by atoms with Crippen molar-refractivity contribution in [2.24, 2.45) is 23.2 Å². The van der Waals surface area contributed by atoms with Gasteiger partial charge in [0.05, 0.1) is 13.2 Å². The lowest BCUT2D eigenvalue weighted by molar-refractivity contribution is -0.117. The number of ether oxygens (including phenoxy) is 1. The molecule has 140 valence electrons. The molecule has 1 amide bonds. The van der Waals surface area contributed by atoms with Crippen LogP contribution in [0.3, 0.4) is 0 Å². The monoisotopic (exact) mass is 346 g/mol. The normalized spacial score (nSPS) is 39.4. The Morgan fingerprint density at radius 3 is 2.28 bits per heavy atom. The van der Waals surface area contributed by atoms with Crippen LogP contribution in [0.4, 0.5) is 0 Å². The van der Waals surface area contributed by atoms with E-state index < -0.39 is 0 Å². The van der Waals surface area contributed by atoms with E-state index in [2.05, 4.69) is 24.1 Å². The maximum Gasteiger partial charge on any atom is 0.243 e. The highest BCUT2D eigenvalue weighted by molar-refractivity contribution is 5.88. The first-order valence-corrected chi connectivity index (χ1v) is 10.3. The van der Waals surface area contributed by atoms with Gasteiger partial charge >= 0.3 is 0 Å². The van der Waals surface area contributed by atoms with Crippen molar-refractivity contribution < 1.29 is 9.53 Å². The van der Waals surface area contributed by atoms with Crippen molar-refractivity contribution in [3.05, 3.63) is 11.6 Å². The van der Waals surface area contributed by atoms with E-state index in [1.807, 2.05) is 6.08 Å². The number of nitrogens with one attached hydrogen (secondary N) is 1. The van der Waals surface area contributed by atoms with Gasteiger partial charge in [0.1, 0.15) is 0 Å². The highest BCUT2D eigenvalue weighted by Gasteiger charge is 2.51. The predicted molar refractivity (Wildman–Crippen MR) is 99.2 cm³/mol. The van der Waals surface area contributed by atoms with Crippen LogP contribution in [0.25, 0.3) is 0 Å². The van der Waals surface area contributed by atoms with E-state index >= 15 is 0 Å². The number of rotatable bonds is 5. The second-order valence-corrected chi connectivity index (χ2v) is 9.27. The van der Waals surface area contributed by atoms with Gasteiger partial charge in [-0.25, -0.2) is 0 Å². The van der Waals surface area contributed by atoms with Crippen molar-refractivity contribution in [3.63, 3.8) is 0 Å². The SMILES string of the molecule is C/C(=C\C(=O)NCC(C)N1CCOCC1)C12CC3CC(CC(C3)C1)C2. The van der Waals surface area contributed by atoms with E-state index in [1.54, 1.807) is 0 Å². The van der Waals surface area contributed by atoms with Crippen molar-refractivity contribution in [1.29, 1.82) is 0 Å². The number of carbonyl (C=O) groups excluding carboxylic acids is 1. The maximum atomic E-state index is 12.5. The van der Waals surface area contributed by atoms with Crippen LogP contribution in [0, 0.1) is 23.2 Å². The number of carbonyl (C=O) groups is 1. The minimum atomic E-state index is 0.105. The summed E-state index contributed by atoms with van der Waals surface area (Å²) in [6, 6.07) is 0.376. The first kappa shape index (κ1) is 17.5. The van der Waals surface area contributed by atoms with E-state index in [4.69, 9.17) is 4.74 Å². The molecule has 0 aromatic carbocycles. The van der Waals surface area contributed by atoms with Gasteiger partial charge in [0.2, 0.25) is 5.91 Å². The molecule has 1 unspecified atom stereocenters. The molecular formula is C21H34N2O2. The van der Waals surface area contributed by atoms with E-state index in [9.17, 15) is 4.79 Å². The largest absolute Gasteiger partial charge is 0.379 e. The standard InChI is InChI=1S/C21H34N2O2/c1-15(21-11-17-8-18(12-21)10-19(9-17)13-21)7-20(24)22-14-16(2)23-3-5-25-6-4-23/h7,16-19H,3-6,8-14H2,1-2H3,(H,22,24)/b15-7+. The molecule has 4 nitrogen and oxygen atoms in total. The molecule has 1 atom stereocenters. The summed E-state index contributed by atoms with van der Waals surface area (Å²) < 4.78 is 5.41. The predicted octanol–water partition coefficient (Wildman–Crippen LogP) is 2.99. The van der Waals surface area contributed by atoms with E-state index in [-0.39, 0.29) is 5.91 Å². The lowest BCUT2D eigenvalue weighted by Crippen LogP contribution is -2.48. The van der Waals surface area contributed by atoms with Crippen LogP contribution < -0.4 is 5.32 Å². The molecule has 1 saturated heterocycles. The zero-order valence-electron chi connectivity index (χ0n) is 15.9. The Morgan fingerprint density at radius 2 is 1.72 bits per heavy atom. The highest BCUT2D eigenvalue weighted by Crippen LogP contribution is 2.62. The van der Waals surface area contributed by atoms with Gasteiger partial charge in [-0.2, -0.15) is 0 Å². The fourth-order valence-corrected chi connectivity index (χ4v) is 6.39. The fourth-order valence-electron chi connectivity index (χ4n) is 6.39. The van der Waals surface area contributed by atoms with Gasteiger partial charge in [0, 0.05) is 31.8 Å². The number of nitrogens with zero attached hydrogens (tertiary/aromatic N) is 1. The molecule has 1 N–H and O–H groups in total. The van der Waals surface area contributed by atoms with Crippen LogP contribution in [0.5, 0.6) is 0 Å². The molecule has 4 saturated carbocycles. The minimum Gasteiger partial charge on any atom is -0.379 e. The van der Waals surface area contributed by atoms with Gasteiger partial charge in [-0.05, 0) is 75.5 Å². The number of hydrogen-bond donors (Lipinski definition) is 1. The third-order valence-corrected chi connectivity index (χ3v) is 7.46. The quantitative estimate of drug-likeness (QED) is 0.778. The van der Waals surface area contributed by atoms with Gasteiger partial charge in [0.15, 0.2) is 0 Å². The molecule has 5 fully saturated rings. The van der Waals surface area contributed by atoms with Gasteiger partial charge in [-0.3, -0.25) is 9.69 Å². The minimum absolute atomic E-state index is 0.105. The molecule has 4 bridgehead atoms. The van der Waals surface area contributed by atoms with E-state index in [1.165, 1.54) is 44.1 Å². The Balaban J connectivity index is 1.33. The number of hydrogen-bond acceptors (Lipinski definition) is 3. The smallest absolute Gasteiger partial charge is 0.243 e. The third kappa shape index (κ3) is 3.66. The topological polar surface area (TPSA) is 41.6 Å². The number of morpholine rings is 1. The Hall–Kier alpha value is -0.870. The van der Waals surface area contributed by atoms with Crippen LogP contribution >= 0.6 is 0 Å². The van der Waals surface area contributed by atoms with Gasteiger partial charge < -0.3 is 10.1 Å². The van der Waals surface area contributed by atoms with Crippen LogP contribution in [0.15, 0.2) is 11.6 Å². The molecule has 0 aromatic rings. The summed E-state index contributed by atoms with van der Waals surface area (Å²) in [5.74, 6) is 2.89. The van der Waals surface area contributed by atoms with Crippen molar-refractivity contribution in [2.75, 3.05) is 32.8 Å². The van der Waals surface area contributed by atoms with Crippen molar-refractivity contribution in [3.8, 4) is 0 Å². The second kappa shape index (κ2) is 7.03. The van der Waals surface area contributed by atoms with Crippen LogP contribution in [0.1, 0.15) is 52.4 Å². The summed E-state index contributed by atoms with van der Waals surface area (Å²) >= 11 is 0. The number of amides is 1. The summed E-state index contributed by atoms with van der Waals surface area (Å²) in [6.45, 7) is 8.70. The summed E-state index contributed by atoms with van der Waals surface area (Å²) in [5, 5.41) is 3.14. The molecule has 0 spiro atoms. The van der Waals surface area contributed by atoms with Gasteiger partial charge in [-0.15, -0.1) is 0 Å². The fraction of sp³-hybridized carbons (Fsp3) is 0.857. The molecule has 0 aromatic heterocycles. The Morgan fingerprint density at radius 1 is 1.16 bits per heavy atom. The molecular weight excluding hydrogens is 312 g/mol. The van der Waals surface area contributed by atoms with Crippen LogP contribution in [-0.4, -0.2) is 49.7 Å². The Kier molecular flexibility index (Phi) is 4.93. The highest BCUT2D eigenvalue weighted by atomic mass is 16.5. The second-order valence-electron chi connectivity index (χ2n) is 9.27. The first-order valence-electron chi connectivity index (χ1n) is 10.3. The summed E-state index contributed by atoms with van der Waals surface area (Å²) in [6.07, 6.45) is 10.3. The molecule has 25 heavy (non-hydrogen) atoms. The van der Waals surface area contributed by atoms with E-state index in [0.29, 0.717) is 11.5 Å². The molecule has 5 rings (SSSR count). The first-order chi connectivity index (χ1) is 12.0. The van der Waals surface area contributed by atoms with Gasteiger partial charge in [0.25, 0.3) is 0 Å². The average molecular weight is 347 g/mol. The molecule has 4 aliphatic carbocycles. The summed E-state index contributed by atoms with van der Waals surface area (Å²) in [7, 11) is 0. The average Bonchev–Trinajstić information content (AvgIpc) is 2.59. The van der Waals surface area contributed by atoms with Crippen LogP contribution in [-0.2, 0) is 9.53 Å². The zero-order valence-corrected chi connectivity index (χ0v) is 15.9. The number of allylic oxidation sites excluding steroid dienone is 1. The summed E-state index contributed by atoms with van der Waals surface area (Å²) in [5.41, 5.74) is 1.70. The molecule has 1 heterocycles. The summed E-state index contributed by atoms with van der Waals surface area (Å²) in [4.78, 5) is 14.9. The maximum absolute atomic E-state index is 12.5. The van der Waals surface area contributed by atoms with Crippen molar-refractivity contribution >= 4 is 5.91 Å².